The van der Waals surface area contributed by atoms with E-state index in [2.05, 4.69) is 0 Å². The Morgan fingerprint density at radius 1 is 1.47 bits per heavy atom. The highest BCUT2D eigenvalue weighted by Gasteiger charge is 2.22. The van der Waals surface area contributed by atoms with Crippen LogP contribution in [0.4, 0.5) is 4.79 Å². The zero-order valence-electron chi connectivity index (χ0n) is 9.38. The molecule has 1 amide bonds. The van der Waals surface area contributed by atoms with Crippen LogP contribution in [0.25, 0.3) is 0 Å². The lowest BCUT2D eigenvalue weighted by molar-refractivity contribution is 0.0909. The van der Waals surface area contributed by atoms with E-state index < -0.39 is 0 Å². The fourth-order valence-electron chi connectivity index (χ4n) is 1.98. The maximum Gasteiger partial charge on any atom is 0.409 e. The molecule has 1 heterocycles. The second kappa shape index (κ2) is 6.94. The molecule has 0 unspecified atom stereocenters. The highest BCUT2D eigenvalue weighted by molar-refractivity contribution is 6.17. The van der Waals surface area contributed by atoms with Gasteiger partial charge in [0.1, 0.15) is 0 Å². The molecule has 0 atom stereocenters. The molecule has 15 heavy (non-hydrogen) atoms. The highest BCUT2D eigenvalue weighted by Crippen LogP contribution is 2.22. The van der Waals surface area contributed by atoms with E-state index in [1.807, 2.05) is 6.92 Å². The van der Waals surface area contributed by atoms with Gasteiger partial charge in [-0.25, -0.2) is 4.79 Å². The predicted octanol–water partition coefficient (Wildman–Crippen LogP) is 2.87. The summed E-state index contributed by atoms with van der Waals surface area (Å²) >= 11 is 5.66. The third kappa shape index (κ3) is 4.29. The first-order chi connectivity index (χ1) is 7.27. The van der Waals surface area contributed by atoms with Gasteiger partial charge in [0.05, 0.1) is 6.61 Å². The average Bonchev–Trinajstić information content (AvgIpc) is 2.27. The molecular formula is C11H20ClNO2. The third-order valence-electron chi connectivity index (χ3n) is 2.89. The van der Waals surface area contributed by atoms with Crippen molar-refractivity contribution in [3.05, 3.63) is 0 Å². The molecule has 0 radical (unpaired) electrons. The topological polar surface area (TPSA) is 29.5 Å². The lowest BCUT2D eigenvalue weighted by Gasteiger charge is -2.31. The number of nitrogens with zero attached hydrogens (tertiary/aromatic N) is 1. The summed E-state index contributed by atoms with van der Waals surface area (Å²) < 4.78 is 4.96. The Bertz CT molecular complexity index is 191. The number of hydrogen-bond acceptors (Lipinski definition) is 2. The molecule has 1 aliphatic rings. The van der Waals surface area contributed by atoms with Crippen molar-refractivity contribution >= 4 is 17.7 Å². The molecule has 0 aromatic rings. The van der Waals surface area contributed by atoms with Gasteiger partial charge in [-0.3, -0.25) is 0 Å². The Balaban J connectivity index is 2.20. The molecule has 0 saturated carbocycles. The second-order valence-electron chi connectivity index (χ2n) is 3.96. The number of halogens is 1. The minimum absolute atomic E-state index is 0.159. The summed E-state index contributed by atoms with van der Waals surface area (Å²) in [7, 11) is 0. The Hall–Kier alpha value is -0.440. The average molecular weight is 234 g/mol. The van der Waals surface area contributed by atoms with Gasteiger partial charge in [-0.15, -0.1) is 11.6 Å². The maximum atomic E-state index is 11.4. The first-order valence-corrected chi connectivity index (χ1v) is 6.29. The molecule has 0 bridgehead atoms. The normalized spacial score (nSPS) is 17.9. The molecule has 1 rings (SSSR count). The van der Waals surface area contributed by atoms with Crippen molar-refractivity contribution in [2.24, 2.45) is 5.92 Å². The minimum atomic E-state index is -0.159. The van der Waals surface area contributed by atoms with Gasteiger partial charge in [0.2, 0.25) is 0 Å². The van der Waals surface area contributed by atoms with Crippen molar-refractivity contribution in [1.82, 2.24) is 4.90 Å². The van der Waals surface area contributed by atoms with Crippen molar-refractivity contribution in [2.75, 3.05) is 25.6 Å². The summed E-state index contributed by atoms with van der Waals surface area (Å²) in [5, 5.41) is 0. The van der Waals surface area contributed by atoms with E-state index in [9.17, 15) is 4.79 Å². The first kappa shape index (κ1) is 12.6. The van der Waals surface area contributed by atoms with Crippen LogP contribution in [0.5, 0.6) is 0 Å². The van der Waals surface area contributed by atoms with E-state index in [0.29, 0.717) is 6.61 Å². The van der Waals surface area contributed by atoms with Crippen LogP contribution in [-0.2, 0) is 4.74 Å². The van der Waals surface area contributed by atoms with Crippen LogP contribution in [-0.4, -0.2) is 36.6 Å². The maximum absolute atomic E-state index is 11.4. The summed E-state index contributed by atoms with van der Waals surface area (Å²) in [5.74, 6) is 1.49. The van der Waals surface area contributed by atoms with Gasteiger partial charge >= 0.3 is 6.09 Å². The summed E-state index contributed by atoms with van der Waals surface area (Å²) in [6.45, 7) is 3.98. The van der Waals surface area contributed by atoms with E-state index in [0.717, 1.165) is 44.1 Å². The Morgan fingerprint density at radius 2 is 2.13 bits per heavy atom. The molecule has 88 valence electrons. The molecule has 0 N–H and O–H groups in total. The summed E-state index contributed by atoms with van der Waals surface area (Å²) in [5.41, 5.74) is 0. The number of piperidine rings is 1. The first-order valence-electron chi connectivity index (χ1n) is 5.75. The second-order valence-corrected chi connectivity index (χ2v) is 4.34. The smallest absolute Gasteiger partial charge is 0.409 e. The quantitative estimate of drug-likeness (QED) is 0.699. The van der Waals surface area contributed by atoms with Gasteiger partial charge in [0.25, 0.3) is 0 Å². The minimum Gasteiger partial charge on any atom is -0.450 e. The number of alkyl halides is 1. The Morgan fingerprint density at radius 3 is 2.67 bits per heavy atom. The zero-order chi connectivity index (χ0) is 11.1. The number of carbonyl (C=O) groups excluding carboxylic acids is 1. The molecule has 1 fully saturated rings. The van der Waals surface area contributed by atoms with Crippen LogP contribution in [0.15, 0.2) is 0 Å². The van der Waals surface area contributed by atoms with E-state index in [1.165, 1.54) is 6.42 Å². The van der Waals surface area contributed by atoms with Crippen molar-refractivity contribution in [2.45, 2.75) is 32.6 Å². The largest absolute Gasteiger partial charge is 0.450 e. The van der Waals surface area contributed by atoms with Crippen LogP contribution in [0.2, 0.25) is 0 Å². The zero-order valence-corrected chi connectivity index (χ0v) is 10.1. The number of hydrogen-bond donors (Lipinski definition) is 0. The molecule has 3 nitrogen and oxygen atoms in total. The van der Waals surface area contributed by atoms with Crippen molar-refractivity contribution in [1.29, 1.82) is 0 Å². The molecular weight excluding hydrogens is 214 g/mol. The summed E-state index contributed by atoms with van der Waals surface area (Å²) in [6.07, 6.45) is 4.31. The fraction of sp³-hybridized carbons (Fsp3) is 0.909. The van der Waals surface area contributed by atoms with E-state index in [1.54, 1.807) is 4.90 Å². The number of carbonyl (C=O) groups is 1. The van der Waals surface area contributed by atoms with Gasteiger partial charge in [-0.05, 0) is 38.5 Å². The van der Waals surface area contributed by atoms with Gasteiger partial charge in [-0.2, -0.15) is 0 Å². The molecule has 0 spiro atoms. The Kier molecular flexibility index (Phi) is 5.84. The van der Waals surface area contributed by atoms with Gasteiger partial charge in [0, 0.05) is 19.0 Å². The fourth-order valence-corrected chi connectivity index (χ4v) is 2.14. The third-order valence-corrected chi connectivity index (χ3v) is 3.15. The lowest BCUT2D eigenvalue weighted by atomic mass is 9.93. The van der Waals surface area contributed by atoms with E-state index >= 15 is 0 Å². The summed E-state index contributed by atoms with van der Waals surface area (Å²) in [4.78, 5) is 13.2. The number of likely N-dealkylation sites (tertiary alicyclic amines) is 1. The lowest BCUT2D eigenvalue weighted by Crippen LogP contribution is -2.38. The summed E-state index contributed by atoms with van der Waals surface area (Å²) in [6, 6.07) is 0. The van der Waals surface area contributed by atoms with Crippen molar-refractivity contribution in [3.8, 4) is 0 Å². The van der Waals surface area contributed by atoms with Crippen LogP contribution >= 0.6 is 11.6 Å². The van der Waals surface area contributed by atoms with Crippen LogP contribution in [0.1, 0.15) is 32.6 Å². The monoisotopic (exact) mass is 233 g/mol. The molecule has 1 aliphatic heterocycles. The van der Waals surface area contributed by atoms with E-state index in [-0.39, 0.29) is 6.09 Å². The van der Waals surface area contributed by atoms with Gasteiger partial charge in [0.15, 0.2) is 0 Å². The SMILES string of the molecule is CCOC(=O)N1CCC(CCCCl)CC1. The van der Waals surface area contributed by atoms with Crippen LogP contribution in [0.3, 0.4) is 0 Å². The molecule has 1 saturated heterocycles. The van der Waals surface area contributed by atoms with Gasteiger partial charge in [-0.1, -0.05) is 0 Å². The molecule has 0 aliphatic carbocycles. The van der Waals surface area contributed by atoms with Crippen LogP contribution < -0.4 is 0 Å². The molecule has 4 heteroatoms. The van der Waals surface area contributed by atoms with Crippen molar-refractivity contribution < 1.29 is 9.53 Å². The Labute approximate surface area is 96.7 Å². The predicted molar refractivity (Wildman–Crippen MR) is 61.3 cm³/mol. The van der Waals surface area contributed by atoms with Crippen molar-refractivity contribution in [3.63, 3.8) is 0 Å². The standard InChI is InChI=1S/C11H20ClNO2/c1-2-15-11(14)13-8-5-10(6-9-13)4-3-7-12/h10H,2-9H2,1H3. The number of amides is 1. The molecule has 0 aromatic carbocycles. The highest BCUT2D eigenvalue weighted by atomic mass is 35.5. The molecule has 0 aromatic heterocycles. The number of rotatable bonds is 4. The van der Waals surface area contributed by atoms with Crippen LogP contribution in [0, 0.1) is 5.92 Å². The van der Waals surface area contributed by atoms with E-state index in [4.69, 9.17) is 16.3 Å². The number of ether oxygens (including phenoxy) is 1. The van der Waals surface area contributed by atoms with Gasteiger partial charge < -0.3 is 9.64 Å².